The Hall–Kier alpha value is -1.82. The Balaban J connectivity index is 0.00000146. The van der Waals surface area contributed by atoms with Crippen molar-refractivity contribution in [3.8, 4) is 0 Å². The standard InChI is InChI=1S/C22H28.2C2H6/c1-6-9-16(2)14-22(21-11-8-7-10-18(21)4)20-13-12-17(3)19(5)15-20;2*1-2/h7-8,10-16H,6,9H2,1-5H3;2*1-2H3/b22-14-;;. The Morgan fingerprint density at radius 2 is 1.46 bits per heavy atom. The van der Waals surface area contributed by atoms with E-state index >= 15 is 0 Å². The molecule has 0 fully saturated rings. The number of hydrogen-bond acceptors (Lipinski definition) is 0. The van der Waals surface area contributed by atoms with Gasteiger partial charge in [0.2, 0.25) is 0 Å². The first-order valence-electron chi connectivity index (χ1n) is 10.4. The summed E-state index contributed by atoms with van der Waals surface area (Å²) in [5.41, 5.74) is 8.13. The molecule has 2 rings (SSSR count). The van der Waals surface area contributed by atoms with Crippen molar-refractivity contribution in [2.24, 2.45) is 5.92 Å². The van der Waals surface area contributed by atoms with Crippen molar-refractivity contribution in [2.45, 2.75) is 75.2 Å². The summed E-state index contributed by atoms with van der Waals surface area (Å²) in [4.78, 5) is 0. The summed E-state index contributed by atoms with van der Waals surface area (Å²) in [7, 11) is 0. The van der Waals surface area contributed by atoms with Crippen LogP contribution in [0.15, 0.2) is 48.5 Å². The third kappa shape index (κ3) is 7.20. The normalized spacial score (nSPS) is 11.7. The summed E-state index contributed by atoms with van der Waals surface area (Å²) in [6, 6.07) is 15.5. The minimum atomic E-state index is 0.598. The molecule has 0 aliphatic carbocycles. The first-order chi connectivity index (χ1) is 12.5. The van der Waals surface area contributed by atoms with Gasteiger partial charge in [-0.3, -0.25) is 0 Å². The first-order valence-corrected chi connectivity index (χ1v) is 10.4. The summed E-state index contributed by atoms with van der Waals surface area (Å²) >= 11 is 0. The van der Waals surface area contributed by atoms with Crippen molar-refractivity contribution < 1.29 is 0 Å². The van der Waals surface area contributed by atoms with Crippen LogP contribution in [0.4, 0.5) is 0 Å². The van der Waals surface area contributed by atoms with Gasteiger partial charge in [0.15, 0.2) is 0 Å². The number of hydrogen-bond donors (Lipinski definition) is 0. The van der Waals surface area contributed by atoms with Crippen LogP contribution in [0.3, 0.4) is 0 Å². The van der Waals surface area contributed by atoms with Gasteiger partial charge >= 0.3 is 0 Å². The second-order valence-electron chi connectivity index (χ2n) is 6.46. The van der Waals surface area contributed by atoms with E-state index in [9.17, 15) is 0 Å². The van der Waals surface area contributed by atoms with Crippen LogP contribution in [0.5, 0.6) is 0 Å². The topological polar surface area (TPSA) is 0 Å². The maximum absolute atomic E-state index is 2.45. The minimum absolute atomic E-state index is 0.598. The Morgan fingerprint density at radius 3 is 2.00 bits per heavy atom. The summed E-state index contributed by atoms with van der Waals surface area (Å²) in [5.74, 6) is 0.598. The van der Waals surface area contributed by atoms with E-state index < -0.39 is 0 Å². The van der Waals surface area contributed by atoms with E-state index in [4.69, 9.17) is 0 Å². The van der Waals surface area contributed by atoms with Gasteiger partial charge < -0.3 is 0 Å². The highest BCUT2D eigenvalue weighted by Gasteiger charge is 2.10. The molecule has 2 aromatic carbocycles. The monoisotopic (exact) mass is 352 g/mol. The second-order valence-corrected chi connectivity index (χ2v) is 6.46. The van der Waals surface area contributed by atoms with E-state index in [-0.39, 0.29) is 0 Å². The van der Waals surface area contributed by atoms with Crippen LogP contribution >= 0.6 is 0 Å². The molecular weight excluding hydrogens is 312 g/mol. The molecule has 0 spiro atoms. The molecule has 0 aliphatic rings. The van der Waals surface area contributed by atoms with Crippen LogP contribution in [-0.4, -0.2) is 0 Å². The third-order valence-corrected chi connectivity index (χ3v) is 4.45. The van der Waals surface area contributed by atoms with Crippen molar-refractivity contribution in [2.75, 3.05) is 0 Å². The number of allylic oxidation sites excluding steroid dienone is 1. The first kappa shape index (κ1) is 24.2. The third-order valence-electron chi connectivity index (χ3n) is 4.45. The highest BCUT2D eigenvalue weighted by molar-refractivity contribution is 5.81. The Morgan fingerprint density at radius 1 is 0.846 bits per heavy atom. The quantitative estimate of drug-likeness (QED) is 0.505. The van der Waals surface area contributed by atoms with Gasteiger partial charge in [0.25, 0.3) is 0 Å². The summed E-state index contributed by atoms with van der Waals surface area (Å²) < 4.78 is 0. The molecule has 0 radical (unpaired) electrons. The van der Waals surface area contributed by atoms with E-state index in [1.807, 2.05) is 27.7 Å². The lowest BCUT2D eigenvalue weighted by Crippen LogP contribution is -1.97. The molecule has 1 unspecified atom stereocenters. The summed E-state index contributed by atoms with van der Waals surface area (Å²) in [5, 5.41) is 0. The van der Waals surface area contributed by atoms with Crippen LogP contribution in [0.2, 0.25) is 0 Å². The fourth-order valence-corrected chi connectivity index (χ4v) is 2.95. The van der Waals surface area contributed by atoms with Crippen molar-refractivity contribution in [3.05, 3.63) is 76.4 Å². The van der Waals surface area contributed by atoms with E-state index in [0.29, 0.717) is 5.92 Å². The molecule has 0 nitrogen and oxygen atoms in total. The molecule has 0 N–H and O–H groups in total. The number of benzene rings is 2. The second kappa shape index (κ2) is 13.4. The molecule has 0 bridgehead atoms. The maximum Gasteiger partial charge on any atom is -0.0146 e. The molecular formula is C26H40. The Bertz CT molecular complexity index is 661. The number of aryl methyl sites for hydroxylation is 3. The predicted octanol–water partition coefficient (Wildman–Crippen LogP) is 8.53. The van der Waals surface area contributed by atoms with Crippen LogP contribution in [-0.2, 0) is 0 Å². The van der Waals surface area contributed by atoms with Gasteiger partial charge in [-0.15, -0.1) is 0 Å². The minimum Gasteiger partial charge on any atom is -0.0732 e. The van der Waals surface area contributed by atoms with Crippen molar-refractivity contribution in [3.63, 3.8) is 0 Å². The maximum atomic E-state index is 2.45. The molecule has 0 heterocycles. The average Bonchev–Trinajstić information content (AvgIpc) is 2.66. The van der Waals surface area contributed by atoms with Gasteiger partial charge in [-0.2, -0.15) is 0 Å². The molecule has 144 valence electrons. The van der Waals surface area contributed by atoms with Gasteiger partial charge in [-0.25, -0.2) is 0 Å². The molecule has 0 saturated carbocycles. The van der Waals surface area contributed by atoms with Crippen LogP contribution < -0.4 is 0 Å². The molecule has 1 atom stereocenters. The molecule has 0 amide bonds. The van der Waals surface area contributed by atoms with E-state index in [1.165, 1.54) is 46.2 Å². The van der Waals surface area contributed by atoms with Crippen LogP contribution in [0.25, 0.3) is 5.57 Å². The molecule has 0 aromatic heterocycles. The highest BCUT2D eigenvalue weighted by atomic mass is 14.1. The molecule has 26 heavy (non-hydrogen) atoms. The molecule has 0 saturated heterocycles. The smallest absolute Gasteiger partial charge is 0.0146 e. The van der Waals surface area contributed by atoms with Crippen molar-refractivity contribution >= 4 is 5.57 Å². The molecule has 2 aromatic rings. The zero-order valence-electron chi connectivity index (χ0n) is 18.6. The van der Waals surface area contributed by atoms with E-state index in [2.05, 4.69) is 83.2 Å². The number of rotatable bonds is 5. The fourth-order valence-electron chi connectivity index (χ4n) is 2.95. The highest BCUT2D eigenvalue weighted by Crippen LogP contribution is 2.29. The fraction of sp³-hybridized carbons (Fsp3) is 0.462. The van der Waals surface area contributed by atoms with Gasteiger partial charge in [0, 0.05) is 0 Å². The Kier molecular flexibility index (Phi) is 12.5. The van der Waals surface area contributed by atoms with Crippen molar-refractivity contribution in [1.82, 2.24) is 0 Å². The predicted molar refractivity (Wildman–Crippen MR) is 121 cm³/mol. The average molecular weight is 353 g/mol. The lowest BCUT2D eigenvalue weighted by molar-refractivity contribution is 0.635. The molecule has 0 heteroatoms. The summed E-state index contributed by atoms with van der Waals surface area (Å²) in [6.07, 6.45) is 4.92. The van der Waals surface area contributed by atoms with Crippen LogP contribution in [0.1, 0.15) is 82.2 Å². The van der Waals surface area contributed by atoms with Gasteiger partial charge in [-0.1, -0.05) is 96.5 Å². The van der Waals surface area contributed by atoms with E-state index in [0.717, 1.165) is 0 Å². The zero-order valence-corrected chi connectivity index (χ0v) is 18.6. The van der Waals surface area contributed by atoms with Crippen LogP contribution in [0, 0.1) is 26.7 Å². The van der Waals surface area contributed by atoms with Gasteiger partial charge in [0.1, 0.15) is 0 Å². The lowest BCUT2D eigenvalue weighted by atomic mass is 9.89. The van der Waals surface area contributed by atoms with Gasteiger partial charge in [-0.05, 0) is 66.5 Å². The summed E-state index contributed by atoms with van der Waals surface area (Å²) in [6.45, 7) is 19.2. The van der Waals surface area contributed by atoms with Crippen molar-refractivity contribution in [1.29, 1.82) is 0 Å². The SMILES string of the molecule is CC.CC.CCCC(C)/C=C(/c1ccc(C)c(C)c1)c1ccccc1C. The van der Waals surface area contributed by atoms with E-state index in [1.54, 1.807) is 0 Å². The lowest BCUT2D eigenvalue weighted by Gasteiger charge is -2.15. The largest absolute Gasteiger partial charge is 0.0732 e. The molecule has 0 aliphatic heterocycles. The Labute approximate surface area is 163 Å². The zero-order chi connectivity index (χ0) is 20.1. The van der Waals surface area contributed by atoms with Gasteiger partial charge in [0.05, 0.1) is 0 Å².